The molecule has 0 unspecified atom stereocenters. The van der Waals surface area contributed by atoms with E-state index in [1.54, 1.807) is 0 Å². The molecule has 1 aliphatic rings. The monoisotopic (exact) mass is 250 g/mol. The first kappa shape index (κ1) is 10.7. The predicted molar refractivity (Wildman–Crippen MR) is 59.4 cm³/mol. The maximum atomic E-state index is 6.04. The number of hydrogen-bond acceptors (Lipinski definition) is 1. The molecule has 0 amide bonds. The topological polar surface area (TPSA) is 9.23 Å². The van der Waals surface area contributed by atoms with Crippen LogP contribution in [0.15, 0.2) is 0 Å². The maximum Gasteiger partial charge on any atom is 0.184 e. The van der Waals surface area contributed by atoms with Gasteiger partial charge in [0.2, 0.25) is 0 Å². The third kappa shape index (κ3) is 4.05. The molecule has 0 aromatic carbocycles. The number of halogens is 1. The highest BCUT2D eigenvalue weighted by Crippen LogP contribution is 2.27. The van der Waals surface area contributed by atoms with Crippen molar-refractivity contribution in [2.45, 2.75) is 56.3 Å². The van der Waals surface area contributed by atoms with E-state index in [2.05, 4.69) is 35.6 Å². The summed E-state index contributed by atoms with van der Waals surface area (Å²) in [6, 6.07) is 0. The summed E-state index contributed by atoms with van der Waals surface area (Å²) in [7, 11) is -1.28. The van der Waals surface area contributed by atoms with Crippen molar-refractivity contribution in [2.75, 3.05) is 0 Å². The van der Waals surface area contributed by atoms with E-state index in [0.717, 1.165) is 4.83 Å². The fourth-order valence-corrected chi connectivity index (χ4v) is 3.40. The molecule has 0 N–H and O–H groups in total. The first-order valence-electron chi connectivity index (χ1n) is 4.79. The Morgan fingerprint density at radius 3 is 2.00 bits per heavy atom. The molecule has 0 spiro atoms. The second-order valence-electron chi connectivity index (χ2n) is 4.60. The fourth-order valence-electron chi connectivity index (χ4n) is 1.64. The second-order valence-corrected chi connectivity index (χ2v) is 10.4. The van der Waals surface area contributed by atoms with Gasteiger partial charge in [-0.2, -0.15) is 0 Å². The normalized spacial score (nSPS) is 32.0. The van der Waals surface area contributed by atoms with Crippen LogP contribution in [0.25, 0.3) is 0 Å². The quantitative estimate of drug-likeness (QED) is 0.538. The zero-order valence-electron chi connectivity index (χ0n) is 8.27. The highest BCUT2D eigenvalue weighted by molar-refractivity contribution is 9.09. The van der Waals surface area contributed by atoms with Gasteiger partial charge in [-0.1, -0.05) is 15.9 Å². The number of hydrogen-bond donors (Lipinski definition) is 0. The molecule has 0 aromatic heterocycles. The van der Waals surface area contributed by atoms with Crippen molar-refractivity contribution in [3.05, 3.63) is 0 Å². The van der Waals surface area contributed by atoms with Crippen molar-refractivity contribution in [3.63, 3.8) is 0 Å². The van der Waals surface area contributed by atoms with E-state index < -0.39 is 8.32 Å². The van der Waals surface area contributed by atoms with Gasteiger partial charge in [0.05, 0.1) is 0 Å². The lowest BCUT2D eigenvalue weighted by atomic mass is 9.98. The summed E-state index contributed by atoms with van der Waals surface area (Å²) < 4.78 is 6.04. The van der Waals surface area contributed by atoms with Gasteiger partial charge in [-0.05, 0) is 45.3 Å². The summed E-state index contributed by atoms with van der Waals surface area (Å²) >= 11 is 3.65. The molecule has 1 saturated carbocycles. The summed E-state index contributed by atoms with van der Waals surface area (Å²) in [6.07, 6.45) is 5.63. The lowest BCUT2D eigenvalue weighted by Crippen LogP contribution is -2.34. The van der Waals surface area contributed by atoms with Crippen LogP contribution in [0.1, 0.15) is 25.7 Å². The SMILES string of the molecule is C[Si](C)(C)O[C@H]1CC[C@H](Br)CC1. The molecule has 1 rings (SSSR count). The van der Waals surface area contributed by atoms with Crippen LogP contribution >= 0.6 is 15.9 Å². The van der Waals surface area contributed by atoms with Crippen molar-refractivity contribution < 1.29 is 4.43 Å². The molecule has 1 aliphatic carbocycles. The Hall–Kier alpha value is 0.657. The van der Waals surface area contributed by atoms with Gasteiger partial charge < -0.3 is 4.43 Å². The smallest absolute Gasteiger partial charge is 0.184 e. The van der Waals surface area contributed by atoms with Gasteiger partial charge in [-0.15, -0.1) is 0 Å². The van der Waals surface area contributed by atoms with E-state index >= 15 is 0 Å². The first-order valence-corrected chi connectivity index (χ1v) is 9.11. The van der Waals surface area contributed by atoms with Gasteiger partial charge >= 0.3 is 0 Å². The summed E-state index contributed by atoms with van der Waals surface area (Å²) in [5, 5.41) is 0. The minimum absolute atomic E-state index is 0.561. The van der Waals surface area contributed by atoms with Crippen molar-refractivity contribution >= 4 is 24.2 Å². The van der Waals surface area contributed by atoms with Gasteiger partial charge in [0, 0.05) is 10.9 Å². The molecule has 0 atom stereocenters. The maximum absolute atomic E-state index is 6.04. The van der Waals surface area contributed by atoms with Crippen molar-refractivity contribution in [1.82, 2.24) is 0 Å². The van der Waals surface area contributed by atoms with Crippen LogP contribution in [-0.4, -0.2) is 19.2 Å². The number of alkyl halides is 1. The lowest BCUT2D eigenvalue weighted by molar-refractivity contribution is 0.150. The second kappa shape index (κ2) is 4.25. The molecule has 0 aromatic rings. The zero-order chi connectivity index (χ0) is 9.19. The molecule has 1 fully saturated rings. The number of rotatable bonds is 2. The predicted octanol–water partition coefficient (Wildman–Crippen LogP) is 3.54. The van der Waals surface area contributed by atoms with Crippen LogP contribution in [0.4, 0.5) is 0 Å². The van der Waals surface area contributed by atoms with Crippen LogP contribution < -0.4 is 0 Å². The Morgan fingerprint density at radius 1 is 1.08 bits per heavy atom. The molecule has 12 heavy (non-hydrogen) atoms. The molecule has 72 valence electrons. The Morgan fingerprint density at radius 2 is 1.58 bits per heavy atom. The summed E-state index contributed by atoms with van der Waals surface area (Å²) in [6.45, 7) is 6.81. The third-order valence-corrected chi connectivity index (χ3v) is 4.08. The molecule has 3 heteroatoms. The molecular formula is C9H19BrOSi. The standard InChI is InChI=1S/C9H19BrOSi/c1-12(2,3)11-9-6-4-8(10)5-7-9/h8-9H,4-7H2,1-3H3/t8-,9-. The van der Waals surface area contributed by atoms with E-state index in [4.69, 9.17) is 4.43 Å². The van der Waals surface area contributed by atoms with Crippen LogP contribution in [0.5, 0.6) is 0 Å². The van der Waals surface area contributed by atoms with Crippen LogP contribution in [0.2, 0.25) is 19.6 Å². The van der Waals surface area contributed by atoms with Gasteiger partial charge in [-0.25, -0.2) is 0 Å². The first-order chi connectivity index (χ1) is 5.47. The largest absolute Gasteiger partial charge is 0.415 e. The molecule has 0 heterocycles. The van der Waals surface area contributed by atoms with Crippen LogP contribution in [0, 0.1) is 0 Å². The van der Waals surface area contributed by atoms with E-state index in [1.165, 1.54) is 25.7 Å². The average molecular weight is 251 g/mol. The van der Waals surface area contributed by atoms with Gasteiger partial charge in [0.15, 0.2) is 8.32 Å². The molecule has 0 aliphatic heterocycles. The molecule has 1 nitrogen and oxygen atoms in total. The minimum atomic E-state index is -1.28. The van der Waals surface area contributed by atoms with E-state index in [1.807, 2.05) is 0 Å². The minimum Gasteiger partial charge on any atom is -0.415 e. The van der Waals surface area contributed by atoms with E-state index in [-0.39, 0.29) is 0 Å². The van der Waals surface area contributed by atoms with Crippen molar-refractivity contribution in [3.8, 4) is 0 Å². The van der Waals surface area contributed by atoms with E-state index in [9.17, 15) is 0 Å². The molecular weight excluding hydrogens is 232 g/mol. The third-order valence-electron chi connectivity index (χ3n) is 2.12. The Balaban J connectivity index is 2.26. The lowest BCUT2D eigenvalue weighted by Gasteiger charge is -2.31. The molecule has 0 bridgehead atoms. The highest BCUT2D eigenvalue weighted by Gasteiger charge is 2.25. The average Bonchev–Trinajstić information content (AvgIpc) is 1.91. The highest BCUT2D eigenvalue weighted by atomic mass is 79.9. The zero-order valence-corrected chi connectivity index (χ0v) is 10.9. The van der Waals surface area contributed by atoms with Gasteiger partial charge in [0.1, 0.15) is 0 Å². The summed E-state index contributed by atoms with van der Waals surface area (Å²) in [4.78, 5) is 0.749. The van der Waals surface area contributed by atoms with Crippen LogP contribution in [-0.2, 0) is 4.43 Å². The van der Waals surface area contributed by atoms with Gasteiger partial charge in [-0.3, -0.25) is 0 Å². The summed E-state index contributed by atoms with van der Waals surface area (Å²) in [5.41, 5.74) is 0. The Kier molecular flexibility index (Phi) is 3.80. The van der Waals surface area contributed by atoms with E-state index in [0.29, 0.717) is 6.10 Å². The molecule has 0 saturated heterocycles. The Labute approximate surface area is 85.1 Å². The fraction of sp³-hybridized carbons (Fsp3) is 1.00. The van der Waals surface area contributed by atoms with Crippen molar-refractivity contribution in [2.24, 2.45) is 0 Å². The summed E-state index contributed by atoms with van der Waals surface area (Å²) in [5.74, 6) is 0. The molecule has 0 radical (unpaired) electrons. The van der Waals surface area contributed by atoms with Crippen LogP contribution in [0.3, 0.4) is 0 Å². The van der Waals surface area contributed by atoms with Gasteiger partial charge in [0.25, 0.3) is 0 Å². The van der Waals surface area contributed by atoms with Crippen molar-refractivity contribution in [1.29, 1.82) is 0 Å². The Bertz CT molecular complexity index is 136.